The fraction of sp³-hybridized carbons (Fsp3) is 0.750. The van der Waals surface area contributed by atoms with Crippen molar-refractivity contribution >= 4 is 16.2 Å². The molecule has 66 valence electrons. The maximum Gasteiger partial charge on any atom is 0.405 e. The van der Waals surface area contributed by atoms with Gasteiger partial charge in [0.05, 0.1) is 0 Å². The fourth-order valence-corrected chi connectivity index (χ4v) is 1.12. The number of hydrogen-bond donors (Lipinski definition) is 2. The number of primary amides is 1. The molecule has 0 heterocycles. The first kappa shape index (κ1) is 10.2. The van der Waals surface area contributed by atoms with Crippen LogP contribution in [-0.4, -0.2) is 24.5 Å². The van der Waals surface area contributed by atoms with Crippen LogP contribution in [0.3, 0.4) is 0 Å². The summed E-state index contributed by atoms with van der Waals surface area (Å²) in [6.07, 6.45) is -1.27. The number of nitrogens with two attached hydrogens (primary N) is 1. The number of carbonyl (C=O) groups excluding carboxylic acids is 1. The van der Waals surface area contributed by atoms with E-state index >= 15 is 0 Å². The second-order valence-electron chi connectivity index (χ2n) is 1.79. The second-order valence-corrected chi connectivity index (χ2v) is 3.35. The van der Waals surface area contributed by atoms with Crippen molar-refractivity contribution in [2.24, 2.45) is 5.73 Å². The molecule has 0 aromatic rings. The molecule has 1 amide bonds. The molecular weight excluding hydrogens is 174 g/mol. The molecule has 0 aliphatic rings. The number of rotatable bonds is 3. The van der Waals surface area contributed by atoms with Crippen molar-refractivity contribution in [2.75, 3.05) is 0 Å². The van der Waals surface area contributed by atoms with Crippen molar-refractivity contribution in [1.82, 2.24) is 0 Å². The Morgan fingerprint density at radius 1 is 1.73 bits per heavy atom. The Kier molecular flexibility index (Phi) is 3.27. The van der Waals surface area contributed by atoms with Gasteiger partial charge in [-0.3, -0.25) is 4.55 Å². The van der Waals surface area contributed by atoms with Crippen LogP contribution >= 0.6 is 0 Å². The Labute approximate surface area is 64.1 Å². The smallest absolute Gasteiger partial charge is 0.405 e. The van der Waals surface area contributed by atoms with E-state index in [4.69, 9.17) is 4.55 Å². The van der Waals surface area contributed by atoms with Crippen LogP contribution in [0.5, 0.6) is 0 Å². The highest BCUT2D eigenvalue weighted by molar-refractivity contribution is 7.86. The summed E-state index contributed by atoms with van der Waals surface area (Å²) in [4.78, 5) is 10.0. The molecular formula is C4H9NO5S. The molecule has 0 radical (unpaired) electrons. The van der Waals surface area contributed by atoms with Crippen molar-refractivity contribution < 1.29 is 22.5 Å². The Morgan fingerprint density at radius 3 is 2.27 bits per heavy atom. The van der Waals surface area contributed by atoms with Gasteiger partial charge in [-0.25, -0.2) is 4.79 Å². The van der Waals surface area contributed by atoms with Gasteiger partial charge in [0.15, 0.2) is 0 Å². The second kappa shape index (κ2) is 3.54. The molecule has 0 saturated carbocycles. The highest BCUT2D eigenvalue weighted by atomic mass is 32.2. The first-order valence-electron chi connectivity index (χ1n) is 2.80. The zero-order valence-electron chi connectivity index (χ0n) is 5.85. The topological polar surface area (TPSA) is 107 Å². The number of amides is 1. The maximum atomic E-state index is 10.3. The lowest BCUT2D eigenvalue weighted by molar-refractivity contribution is 0.135. The number of carbonyl (C=O) groups is 1. The van der Waals surface area contributed by atoms with Crippen LogP contribution in [0.25, 0.3) is 0 Å². The summed E-state index contributed by atoms with van der Waals surface area (Å²) < 4.78 is 33.1. The molecule has 7 heteroatoms. The molecule has 0 aliphatic heterocycles. The molecule has 6 nitrogen and oxygen atoms in total. The summed E-state index contributed by atoms with van der Waals surface area (Å²) in [5, 5.41) is 0. The van der Waals surface area contributed by atoms with E-state index in [1.807, 2.05) is 0 Å². The summed E-state index contributed by atoms with van der Waals surface area (Å²) >= 11 is 0. The van der Waals surface area contributed by atoms with E-state index < -0.39 is 21.6 Å². The SMILES string of the molecule is CCC(OC(N)=O)S(=O)(=O)O. The van der Waals surface area contributed by atoms with Gasteiger partial charge in [0.25, 0.3) is 0 Å². The molecule has 0 bridgehead atoms. The zero-order chi connectivity index (χ0) is 9.07. The predicted molar refractivity (Wildman–Crippen MR) is 36.3 cm³/mol. The monoisotopic (exact) mass is 183 g/mol. The molecule has 11 heavy (non-hydrogen) atoms. The van der Waals surface area contributed by atoms with Gasteiger partial charge in [0.1, 0.15) is 0 Å². The summed E-state index contributed by atoms with van der Waals surface area (Å²) in [5.74, 6) is 0. The van der Waals surface area contributed by atoms with E-state index in [0.717, 1.165) is 0 Å². The van der Waals surface area contributed by atoms with Crippen molar-refractivity contribution in [3.05, 3.63) is 0 Å². The van der Waals surface area contributed by atoms with Crippen molar-refractivity contribution in [3.63, 3.8) is 0 Å². The lowest BCUT2D eigenvalue weighted by atomic mass is 10.5. The third-order valence-electron chi connectivity index (χ3n) is 0.913. The normalized spacial score (nSPS) is 14.0. The van der Waals surface area contributed by atoms with Crippen molar-refractivity contribution in [1.29, 1.82) is 0 Å². The van der Waals surface area contributed by atoms with E-state index in [1.54, 1.807) is 0 Å². The summed E-state index contributed by atoms with van der Waals surface area (Å²) in [6, 6.07) is 0. The average Bonchev–Trinajstić information content (AvgIpc) is 1.79. The third-order valence-corrected chi connectivity index (χ3v) is 2.01. The fourth-order valence-electron chi connectivity index (χ4n) is 0.484. The first-order chi connectivity index (χ1) is 4.88. The molecule has 0 spiro atoms. The minimum Gasteiger partial charge on any atom is -0.427 e. The lowest BCUT2D eigenvalue weighted by Crippen LogP contribution is -2.28. The van der Waals surface area contributed by atoms with E-state index in [1.165, 1.54) is 6.92 Å². The summed E-state index contributed by atoms with van der Waals surface area (Å²) in [5.41, 5.74) is 2.97. The largest absolute Gasteiger partial charge is 0.427 e. The van der Waals surface area contributed by atoms with Gasteiger partial charge >= 0.3 is 16.2 Å². The molecule has 0 fully saturated rings. The minimum absolute atomic E-state index is 0.0399. The van der Waals surface area contributed by atoms with Crippen molar-refractivity contribution in [3.8, 4) is 0 Å². The molecule has 1 unspecified atom stereocenters. The molecule has 0 aliphatic carbocycles. The summed E-state index contributed by atoms with van der Waals surface area (Å²) in [7, 11) is -4.33. The highest BCUT2D eigenvalue weighted by Crippen LogP contribution is 2.04. The van der Waals surface area contributed by atoms with E-state index in [2.05, 4.69) is 10.5 Å². The molecule has 0 aromatic carbocycles. The number of hydrogen-bond acceptors (Lipinski definition) is 4. The Bertz CT molecular complexity index is 233. The van der Waals surface area contributed by atoms with Crippen LogP contribution in [0.2, 0.25) is 0 Å². The standard InChI is InChI=1S/C4H9NO5S/c1-2-3(10-4(5)6)11(7,8)9/h3H,2H2,1H3,(H2,5,6)(H,7,8,9). The molecule has 0 aromatic heterocycles. The molecule has 0 rings (SSSR count). The Morgan fingerprint density at radius 2 is 2.18 bits per heavy atom. The van der Waals surface area contributed by atoms with Gasteiger partial charge in [-0.15, -0.1) is 0 Å². The van der Waals surface area contributed by atoms with Crippen LogP contribution < -0.4 is 5.73 Å². The first-order valence-corrected chi connectivity index (χ1v) is 4.30. The van der Waals surface area contributed by atoms with Crippen LogP contribution in [-0.2, 0) is 14.9 Å². The molecule has 1 atom stereocenters. The molecule has 3 N–H and O–H groups in total. The van der Waals surface area contributed by atoms with E-state index in [-0.39, 0.29) is 6.42 Å². The quantitative estimate of drug-likeness (QED) is 0.584. The van der Waals surface area contributed by atoms with E-state index in [0.29, 0.717) is 0 Å². The molecule has 0 saturated heterocycles. The summed E-state index contributed by atoms with van der Waals surface area (Å²) in [6.45, 7) is 1.43. The van der Waals surface area contributed by atoms with Gasteiger partial charge in [-0.2, -0.15) is 8.42 Å². The van der Waals surface area contributed by atoms with Gasteiger partial charge in [-0.05, 0) is 6.42 Å². The van der Waals surface area contributed by atoms with Gasteiger partial charge in [0, 0.05) is 0 Å². The van der Waals surface area contributed by atoms with E-state index in [9.17, 15) is 13.2 Å². The minimum atomic E-state index is -4.33. The van der Waals surface area contributed by atoms with Gasteiger partial charge in [-0.1, -0.05) is 6.92 Å². The Balaban J connectivity index is 4.31. The van der Waals surface area contributed by atoms with Crippen LogP contribution in [0.15, 0.2) is 0 Å². The predicted octanol–water partition coefficient (Wildman–Crippen LogP) is -0.294. The van der Waals surface area contributed by atoms with Crippen LogP contribution in [0.4, 0.5) is 4.79 Å². The van der Waals surface area contributed by atoms with Gasteiger partial charge in [0.2, 0.25) is 5.44 Å². The Hall–Kier alpha value is -0.820. The van der Waals surface area contributed by atoms with Crippen molar-refractivity contribution in [2.45, 2.75) is 18.8 Å². The lowest BCUT2D eigenvalue weighted by Gasteiger charge is -2.09. The zero-order valence-corrected chi connectivity index (χ0v) is 6.67. The maximum absolute atomic E-state index is 10.3. The number of ether oxygens (including phenoxy) is 1. The van der Waals surface area contributed by atoms with Gasteiger partial charge < -0.3 is 10.5 Å². The highest BCUT2D eigenvalue weighted by Gasteiger charge is 2.23. The third kappa shape index (κ3) is 3.79. The average molecular weight is 183 g/mol. The van der Waals surface area contributed by atoms with Crippen LogP contribution in [0, 0.1) is 0 Å². The van der Waals surface area contributed by atoms with Crippen LogP contribution in [0.1, 0.15) is 13.3 Å².